The normalized spacial score (nSPS) is 19.4. The van der Waals surface area contributed by atoms with Crippen molar-refractivity contribution < 1.29 is 39.6 Å². The molecule has 0 atom stereocenters. The smallest absolute Gasteiger partial charge is 0.320 e. The van der Waals surface area contributed by atoms with Gasteiger partial charge in [-0.1, -0.05) is 25.7 Å². The van der Waals surface area contributed by atoms with Crippen molar-refractivity contribution in [2.45, 2.75) is 38.5 Å². The van der Waals surface area contributed by atoms with Gasteiger partial charge in [0.15, 0.2) is 0 Å². The number of aliphatic carboxylic acids is 4. The fourth-order valence-electron chi connectivity index (χ4n) is 3.06. The minimum Gasteiger partial charge on any atom is -0.480 e. The molecule has 0 unspecified atom stereocenters. The van der Waals surface area contributed by atoms with Crippen LogP contribution in [0.25, 0.3) is 0 Å². The molecular formula is C16H28N4O8. The van der Waals surface area contributed by atoms with Gasteiger partial charge < -0.3 is 20.4 Å². The molecule has 0 bridgehead atoms. The minimum atomic E-state index is -1.30. The first-order valence-corrected chi connectivity index (χ1v) is 9.12. The maximum Gasteiger partial charge on any atom is 0.320 e. The van der Waals surface area contributed by atoms with E-state index in [1.54, 1.807) is 0 Å². The highest BCUT2D eigenvalue weighted by atomic mass is 16.4. The van der Waals surface area contributed by atoms with E-state index in [1.165, 1.54) is 10.0 Å². The molecule has 0 aromatic heterocycles. The van der Waals surface area contributed by atoms with E-state index in [0.717, 1.165) is 35.9 Å². The molecule has 0 aromatic carbocycles. The van der Waals surface area contributed by atoms with Gasteiger partial charge in [0.05, 0.1) is 0 Å². The zero-order chi connectivity index (χ0) is 21.1. The second-order valence-corrected chi connectivity index (χ2v) is 6.53. The van der Waals surface area contributed by atoms with E-state index >= 15 is 0 Å². The molecule has 0 aliphatic carbocycles. The monoisotopic (exact) mass is 404 g/mol. The Morgan fingerprint density at radius 1 is 0.500 bits per heavy atom. The van der Waals surface area contributed by atoms with Gasteiger partial charge in [0.1, 0.15) is 26.2 Å². The predicted molar refractivity (Wildman–Crippen MR) is 94.8 cm³/mol. The van der Waals surface area contributed by atoms with Crippen molar-refractivity contribution in [3.8, 4) is 0 Å². The first-order valence-electron chi connectivity index (χ1n) is 9.12. The Morgan fingerprint density at radius 2 is 0.786 bits per heavy atom. The quantitative estimate of drug-likeness (QED) is 0.416. The van der Waals surface area contributed by atoms with Crippen LogP contribution in [0.3, 0.4) is 0 Å². The number of carboxylic acids is 4. The third kappa shape index (κ3) is 9.08. The number of carbonyl (C=O) groups is 4. The summed E-state index contributed by atoms with van der Waals surface area (Å²) in [6.45, 7) is -2.06. The summed E-state index contributed by atoms with van der Waals surface area (Å²) in [4.78, 5) is 45.4. The fraction of sp³-hybridized carbons (Fsp3) is 0.750. The lowest BCUT2D eigenvalue weighted by Gasteiger charge is -2.45. The summed E-state index contributed by atoms with van der Waals surface area (Å²) in [7, 11) is 0. The van der Waals surface area contributed by atoms with Gasteiger partial charge in [-0.3, -0.25) is 19.2 Å². The summed E-state index contributed by atoms with van der Waals surface area (Å²) in [5.74, 6) is -5.01. The molecule has 1 aliphatic rings. The summed E-state index contributed by atoms with van der Waals surface area (Å²) in [6.07, 6.45) is 4.71. The number of carboxylic acid groups (broad SMARTS) is 4. The number of hydrogen-bond acceptors (Lipinski definition) is 8. The van der Waals surface area contributed by atoms with E-state index in [-0.39, 0.29) is 13.1 Å². The Bertz CT molecular complexity index is 511. The molecule has 0 spiro atoms. The summed E-state index contributed by atoms with van der Waals surface area (Å²) in [5.41, 5.74) is 0. The van der Waals surface area contributed by atoms with Crippen LogP contribution in [-0.4, -0.2) is 104 Å². The Balaban J connectivity index is 3.30. The Morgan fingerprint density at radius 3 is 1.07 bits per heavy atom. The molecule has 0 amide bonds. The Kier molecular flexibility index (Phi) is 10.4. The molecule has 1 heterocycles. The number of hydrogen-bond donors (Lipinski definition) is 4. The number of nitrogens with zero attached hydrogens (tertiary/aromatic N) is 4. The van der Waals surface area contributed by atoms with Crippen LogP contribution < -0.4 is 0 Å². The molecule has 0 saturated carbocycles. The van der Waals surface area contributed by atoms with Crippen molar-refractivity contribution >= 4 is 23.9 Å². The second-order valence-electron chi connectivity index (χ2n) is 6.53. The van der Waals surface area contributed by atoms with Crippen molar-refractivity contribution in [1.82, 2.24) is 20.3 Å². The van der Waals surface area contributed by atoms with Gasteiger partial charge in [-0.2, -0.15) is 0 Å². The van der Waals surface area contributed by atoms with E-state index in [0.29, 0.717) is 12.8 Å². The average Bonchev–Trinajstić information content (AvgIpc) is 2.56. The predicted octanol–water partition coefficient (Wildman–Crippen LogP) is -0.368. The van der Waals surface area contributed by atoms with Crippen LogP contribution in [0.5, 0.6) is 0 Å². The first-order chi connectivity index (χ1) is 13.2. The third-order valence-corrected chi connectivity index (χ3v) is 4.19. The van der Waals surface area contributed by atoms with Crippen LogP contribution in [0, 0.1) is 0 Å². The molecule has 12 heteroatoms. The van der Waals surface area contributed by atoms with Crippen molar-refractivity contribution in [2.75, 3.05) is 39.3 Å². The molecule has 28 heavy (non-hydrogen) atoms. The minimum absolute atomic E-state index is 0.205. The van der Waals surface area contributed by atoms with E-state index in [1.807, 2.05) is 0 Å². The topological polar surface area (TPSA) is 162 Å². The third-order valence-electron chi connectivity index (χ3n) is 4.19. The van der Waals surface area contributed by atoms with Crippen molar-refractivity contribution in [1.29, 1.82) is 0 Å². The van der Waals surface area contributed by atoms with Gasteiger partial charge in [-0.05, 0) is 12.8 Å². The lowest BCUT2D eigenvalue weighted by Crippen LogP contribution is -2.64. The molecule has 1 aliphatic heterocycles. The van der Waals surface area contributed by atoms with Crippen LogP contribution >= 0.6 is 0 Å². The molecule has 12 nitrogen and oxygen atoms in total. The highest BCUT2D eigenvalue weighted by Crippen LogP contribution is 2.15. The fourth-order valence-corrected chi connectivity index (χ4v) is 3.06. The molecule has 4 N–H and O–H groups in total. The lowest BCUT2D eigenvalue weighted by atomic mass is 10.1. The van der Waals surface area contributed by atoms with Gasteiger partial charge in [-0.15, -0.1) is 10.2 Å². The molecule has 0 radical (unpaired) electrons. The van der Waals surface area contributed by atoms with Crippen molar-refractivity contribution in [2.24, 2.45) is 0 Å². The maximum absolute atomic E-state index is 11.4. The summed E-state index contributed by atoms with van der Waals surface area (Å²) in [6, 6.07) is 0. The Hall–Kier alpha value is -2.28. The van der Waals surface area contributed by atoms with E-state index in [4.69, 9.17) is 0 Å². The molecule has 0 aromatic rings. The molecule has 1 fully saturated rings. The van der Waals surface area contributed by atoms with Crippen LogP contribution in [0.15, 0.2) is 0 Å². The van der Waals surface area contributed by atoms with Gasteiger partial charge in [-0.25, -0.2) is 10.0 Å². The Labute approximate surface area is 162 Å². The molecule has 1 rings (SSSR count). The average molecular weight is 404 g/mol. The van der Waals surface area contributed by atoms with E-state index in [2.05, 4.69) is 0 Å². The van der Waals surface area contributed by atoms with E-state index < -0.39 is 50.1 Å². The van der Waals surface area contributed by atoms with Crippen LogP contribution in [0.4, 0.5) is 0 Å². The maximum atomic E-state index is 11.4. The zero-order valence-corrected chi connectivity index (χ0v) is 15.7. The van der Waals surface area contributed by atoms with Crippen LogP contribution in [-0.2, 0) is 19.2 Å². The van der Waals surface area contributed by atoms with Crippen molar-refractivity contribution in [3.63, 3.8) is 0 Å². The lowest BCUT2D eigenvalue weighted by molar-refractivity contribution is -0.277. The van der Waals surface area contributed by atoms with Gasteiger partial charge in [0, 0.05) is 13.1 Å². The van der Waals surface area contributed by atoms with E-state index in [9.17, 15) is 39.6 Å². The van der Waals surface area contributed by atoms with Gasteiger partial charge in [0.25, 0.3) is 0 Å². The molecule has 160 valence electrons. The van der Waals surface area contributed by atoms with Gasteiger partial charge in [0.2, 0.25) is 0 Å². The highest BCUT2D eigenvalue weighted by molar-refractivity contribution is 5.71. The van der Waals surface area contributed by atoms with Crippen LogP contribution in [0.1, 0.15) is 38.5 Å². The second kappa shape index (κ2) is 12.2. The van der Waals surface area contributed by atoms with Crippen molar-refractivity contribution in [3.05, 3.63) is 0 Å². The highest BCUT2D eigenvalue weighted by Gasteiger charge is 2.32. The SMILES string of the molecule is O=C(O)CN1CCCCCCCCN(CC(=O)O)N(CC(=O)O)N1CC(=O)O. The summed E-state index contributed by atoms with van der Waals surface area (Å²) in [5, 5.41) is 41.6. The number of hydrazine groups is 3. The van der Waals surface area contributed by atoms with Gasteiger partial charge >= 0.3 is 23.9 Å². The first kappa shape index (κ1) is 23.8. The standard InChI is InChI=1S/C16H28N4O8/c21-13(22)9-17-7-5-3-1-2-4-6-8-18(10-14(23)24)20(12-16(27)28)19(17)11-15(25)26/h1-12H2,(H,21,22)(H,23,24)(H,25,26)(H,27,28). The van der Waals surface area contributed by atoms with Crippen LogP contribution in [0.2, 0.25) is 0 Å². The molecular weight excluding hydrogens is 376 g/mol. The largest absolute Gasteiger partial charge is 0.480 e. The number of rotatable bonds is 8. The molecule has 1 saturated heterocycles. The summed E-state index contributed by atoms with van der Waals surface area (Å²) < 4.78 is 0. The summed E-state index contributed by atoms with van der Waals surface area (Å²) >= 11 is 0. The zero-order valence-electron chi connectivity index (χ0n) is 15.7.